The van der Waals surface area contributed by atoms with E-state index in [1.807, 2.05) is 0 Å². The quantitative estimate of drug-likeness (QED) is 0.508. The molecular formula is C15H11ClFN3O4. The molecule has 0 aliphatic rings. The predicted molar refractivity (Wildman–Crippen MR) is 86.1 cm³/mol. The Morgan fingerprint density at radius 2 is 2.12 bits per heavy atom. The van der Waals surface area contributed by atoms with E-state index >= 15 is 0 Å². The average molecular weight is 352 g/mol. The summed E-state index contributed by atoms with van der Waals surface area (Å²) in [5.74, 6) is -1.05. The van der Waals surface area contributed by atoms with Gasteiger partial charge in [0.15, 0.2) is 0 Å². The highest BCUT2D eigenvalue weighted by Gasteiger charge is 2.13. The van der Waals surface area contributed by atoms with E-state index in [0.717, 1.165) is 24.4 Å². The second-order valence-corrected chi connectivity index (χ2v) is 4.94. The minimum atomic E-state index is -0.709. The van der Waals surface area contributed by atoms with Crippen molar-refractivity contribution in [1.82, 2.24) is 5.43 Å². The van der Waals surface area contributed by atoms with E-state index in [-0.39, 0.29) is 22.6 Å². The Morgan fingerprint density at radius 3 is 2.79 bits per heavy atom. The third-order valence-corrected chi connectivity index (χ3v) is 3.20. The molecule has 2 aromatic rings. The van der Waals surface area contributed by atoms with Gasteiger partial charge < -0.3 is 4.74 Å². The van der Waals surface area contributed by atoms with E-state index in [4.69, 9.17) is 16.3 Å². The van der Waals surface area contributed by atoms with Crippen molar-refractivity contribution < 1.29 is 18.8 Å². The number of ether oxygens (including phenoxy) is 1. The van der Waals surface area contributed by atoms with Gasteiger partial charge in [-0.15, -0.1) is 0 Å². The zero-order chi connectivity index (χ0) is 17.7. The molecule has 0 saturated heterocycles. The van der Waals surface area contributed by atoms with E-state index in [0.29, 0.717) is 5.02 Å². The van der Waals surface area contributed by atoms with Crippen LogP contribution in [-0.2, 0) is 0 Å². The zero-order valence-electron chi connectivity index (χ0n) is 12.3. The van der Waals surface area contributed by atoms with Crippen LogP contribution >= 0.6 is 11.6 Å². The molecule has 9 heteroatoms. The molecule has 0 bridgehead atoms. The van der Waals surface area contributed by atoms with Crippen molar-refractivity contribution in [2.45, 2.75) is 0 Å². The largest absolute Gasteiger partial charge is 0.496 e. The minimum absolute atomic E-state index is 0.137. The predicted octanol–water partition coefficient (Wildman–Crippen LogP) is 3.16. The van der Waals surface area contributed by atoms with E-state index in [1.165, 1.54) is 19.2 Å². The molecule has 7 nitrogen and oxygen atoms in total. The monoisotopic (exact) mass is 351 g/mol. The number of halogens is 2. The van der Waals surface area contributed by atoms with Crippen LogP contribution in [0.3, 0.4) is 0 Å². The number of hydrogen-bond donors (Lipinski definition) is 1. The van der Waals surface area contributed by atoms with Gasteiger partial charge in [0.1, 0.15) is 11.6 Å². The summed E-state index contributed by atoms with van der Waals surface area (Å²) in [6, 6.07) is 7.44. The second kappa shape index (κ2) is 7.51. The van der Waals surface area contributed by atoms with Gasteiger partial charge in [-0.2, -0.15) is 5.10 Å². The number of carbonyl (C=O) groups excluding carboxylic acids is 1. The van der Waals surface area contributed by atoms with E-state index < -0.39 is 16.6 Å². The van der Waals surface area contributed by atoms with Gasteiger partial charge >= 0.3 is 0 Å². The topological polar surface area (TPSA) is 93.8 Å². The lowest BCUT2D eigenvalue weighted by Gasteiger charge is -2.07. The van der Waals surface area contributed by atoms with Crippen LogP contribution in [-0.4, -0.2) is 24.2 Å². The Morgan fingerprint density at radius 1 is 1.38 bits per heavy atom. The maximum atomic E-state index is 13.6. The van der Waals surface area contributed by atoms with Crippen molar-refractivity contribution in [2.75, 3.05) is 7.11 Å². The summed E-state index contributed by atoms with van der Waals surface area (Å²) in [5, 5.41) is 14.6. The number of hydrogen-bond acceptors (Lipinski definition) is 5. The number of nitro benzene ring substituents is 1. The highest BCUT2D eigenvalue weighted by Crippen LogP contribution is 2.22. The van der Waals surface area contributed by atoms with Gasteiger partial charge in [-0.1, -0.05) is 11.6 Å². The first-order valence-electron chi connectivity index (χ1n) is 6.53. The van der Waals surface area contributed by atoms with Crippen LogP contribution in [0.1, 0.15) is 15.9 Å². The molecule has 1 N–H and O–H groups in total. The van der Waals surface area contributed by atoms with Crippen molar-refractivity contribution in [3.05, 3.63) is 68.5 Å². The van der Waals surface area contributed by atoms with Gasteiger partial charge in [0, 0.05) is 22.7 Å². The SMILES string of the molecule is COc1ccc(Cl)cc1C(=O)NN=Cc1cc([N+](=O)[O-])ccc1F. The van der Waals surface area contributed by atoms with Crippen LogP contribution in [0.5, 0.6) is 5.75 Å². The minimum Gasteiger partial charge on any atom is -0.496 e. The smallest absolute Gasteiger partial charge is 0.275 e. The van der Waals surface area contributed by atoms with E-state index in [9.17, 15) is 19.3 Å². The van der Waals surface area contributed by atoms with Crippen molar-refractivity contribution in [2.24, 2.45) is 5.10 Å². The first-order chi connectivity index (χ1) is 11.4. The van der Waals surface area contributed by atoms with Crippen molar-refractivity contribution in [3.63, 3.8) is 0 Å². The van der Waals surface area contributed by atoms with Gasteiger partial charge in [0.25, 0.3) is 11.6 Å². The maximum absolute atomic E-state index is 13.6. The number of hydrazone groups is 1. The fraction of sp³-hybridized carbons (Fsp3) is 0.0667. The van der Waals surface area contributed by atoms with Gasteiger partial charge in [-0.05, 0) is 24.3 Å². The van der Waals surface area contributed by atoms with Gasteiger partial charge in [-0.3, -0.25) is 14.9 Å². The summed E-state index contributed by atoms with van der Waals surface area (Å²) in [6.45, 7) is 0. The molecule has 0 aliphatic heterocycles. The third kappa shape index (κ3) is 4.05. The molecule has 0 aromatic heterocycles. The number of non-ortho nitro benzene ring substituents is 1. The molecule has 124 valence electrons. The summed E-state index contributed by atoms with van der Waals surface area (Å²) in [6.07, 6.45) is 0.970. The Kier molecular flexibility index (Phi) is 5.43. The van der Waals surface area contributed by atoms with Gasteiger partial charge in [0.2, 0.25) is 0 Å². The molecule has 0 saturated carbocycles. The number of rotatable bonds is 5. The van der Waals surface area contributed by atoms with Gasteiger partial charge in [-0.25, -0.2) is 9.82 Å². The Balaban J connectivity index is 2.17. The lowest BCUT2D eigenvalue weighted by molar-refractivity contribution is -0.384. The molecule has 1 amide bonds. The van der Waals surface area contributed by atoms with E-state index in [1.54, 1.807) is 6.07 Å². The fourth-order valence-electron chi connectivity index (χ4n) is 1.82. The van der Waals surface area contributed by atoms with Crippen LogP contribution in [0.25, 0.3) is 0 Å². The number of nitrogens with one attached hydrogen (secondary N) is 1. The summed E-state index contributed by atoms with van der Waals surface area (Å²) in [4.78, 5) is 22.1. The summed E-state index contributed by atoms with van der Waals surface area (Å²) >= 11 is 5.83. The molecule has 0 fully saturated rings. The number of benzene rings is 2. The molecule has 24 heavy (non-hydrogen) atoms. The number of carbonyl (C=O) groups is 1. The average Bonchev–Trinajstić information content (AvgIpc) is 2.56. The van der Waals surface area contributed by atoms with Crippen LogP contribution in [0.2, 0.25) is 5.02 Å². The standard InChI is InChI=1S/C15H11ClFN3O4/c1-24-14-5-2-10(16)7-12(14)15(21)19-18-8-9-6-11(20(22)23)3-4-13(9)17/h2-8H,1H3,(H,19,21). The summed E-state index contributed by atoms with van der Waals surface area (Å²) < 4.78 is 18.6. The molecule has 0 heterocycles. The van der Waals surface area contributed by atoms with Crippen LogP contribution in [0.4, 0.5) is 10.1 Å². The Bertz CT molecular complexity index is 826. The summed E-state index contributed by atoms with van der Waals surface area (Å²) in [7, 11) is 1.39. The second-order valence-electron chi connectivity index (χ2n) is 4.51. The lowest BCUT2D eigenvalue weighted by Crippen LogP contribution is -2.18. The Hall–Kier alpha value is -3.00. The van der Waals surface area contributed by atoms with Crippen LogP contribution < -0.4 is 10.2 Å². The van der Waals surface area contributed by atoms with Crippen molar-refractivity contribution in [1.29, 1.82) is 0 Å². The fourth-order valence-corrected chi connectivity index (χ4v) is 1.99. The summed E-state index contributed by atoms with van der Waals surface area (Å²) in [5.41, 5.74) is 1.89. The molecule has 0 unspecified atom stereocenters. The molecule has 0 spiro atoms. The van der Waals surface area contributed by atoms with Crippen molar-refractivity contribution in [3.8, 4) is 5.75 Å². The molecule has 2 aromatic carbocycles. The van der Waals surface area contributed by atoms with Gasteiger partial charge in [0.05, 0.1) is 23.8 Å². The highest BCUT2D eigenvalue weighted by atomic mass is 35.5. The molecule has 0 atom stereocenters. The number of nitro groups is 1. The lowest BCUT2D eigenvalue weighted by atomic mass is 10.2. The number of nitrogens with zero attached hydrogens (tertiary/aromatic N) is 2. The number of amides is 1. The van der Waals surface area contributed by atoms with Crippen LogP contribution in [0, 0.1) is 15.9 Å². The van der Waals surface area contributed by atoms with Crippen LogP contribution in [0.15, 0.2) is 41.5 Å². The third-order valence-electron chi connectivity index (χ3n) is 2.97. The zero-order valence-corrected chi connectivity index (χ0v) is 13.1. The first kappa shape index (κ1) is 17.4. The van der Waals surface area contributed by atoms with Crippen molar-refractivity contribution >= 4 is 29.4 Å². The molecule has 0 radical (unpaired) electrons. The normalized spacial score (nSPS) is 10.6. The molecule has 2 rings (SSSR count). The molecule has 0 aliphatic carbocycles. The van der Waals surface area contributed by atoms with E-state index in [2.05, 4.69) is 10.5 Å². The molecular weight excluding hydrogens is 341 g/mol. The maximum Gasteiger partial charge on any atom is 0.275 e. The number of methoxy groups -OCH3 is 1. The first-order valence-corrected chi connectivity index (χ1v) is 6.91. The Labute approximate surface area is 140 Å². The highest BCUT2D eigenvalue weighted by molar-refractivity contribution is 6.31.